The number of aromatic amines is 1. The van der Waals surface area contributed by atoms with Crippen molar-refractivity contribution in [3.63, 3.8) is 0 Å². The molecule has 1 saturated heterocycles. The summed E-state index contributed by atoms with van der Waals surface area (Å²) < 4.78 is 43.4. The third-order valence-electron chi connectivity index (χ3n) is 17.6. The normalized spacial score (nSPS) is 19.1. The number of halogens is 3. The van der Waals surface area contributed by atoms with E-state index in [4.69, 9.17) is 17.2 Å². The molecule has 42 heteroatoms. The molecule has 12 amide bonds. The van der Waals surface area contributed by atoms with Gasteiger partial charge in [0.25, 0.3) is 0 Å². The minimum absolute atomic E-state index is 0.0645. The van der Waals surface area contributed by atoms with Gasteiger partial charge in [0, 0.05) is 51.0 Å². The van der Waals surface area contributed by atoms with Crippen LogP contribution in [0.3, 0.4) is 0 Å². The molecule has 0 aliphatic carbocycles. The second kappa shape index (κ2) is 47.1. The molecule has 13 atom stereocenters. The van der Waals surface area contributed by atoms with Crippen LogP contribution in [0.4, 0.5) is 13.2 Å². The molecule has 0 spiro atoms. The van der Waals surface area contributed by atoms with Gasteiger partial charge in [0.2, 0.25) is 70.9 Å². The Morgan fingerprint density at radius 3 is 1.83 bits per heavy atom. The molecular formula is C70H105F3N18O21. The van der Waals surface area contributed by atoms with Crippen LogP contribution in [0.1, 0.15) is 174 Å². The molecule has 1 fully saturated rings. The lowest BCUT2D eigenvalue weighted by Gasteiger charge is -2.30. The maximum atomic E-state index is 15.0. The van der Waals surface area contributed by atoms with Crippen LogP contribution in [0.2, 0.25) is 0 Å². The maximum Gasteiger partial charge on any atom is 0.416 e. The topological polar surface area (TPSA) is 635 Å². The molecule has 2 heterocycles. The van der Waals surface area contributed by atoms with Gasteiger partial charge in [-0.1, -0.05) is 60.1 Å². The van der Waals surface area contributed by atoms with Gasteiger partial charge in [0.15, 0.2) is 17.5 Å². The maximum absolute atomic E-state index is 15.0. The number of aromatic nitrogens is 2. The number of nitrogens with one attached hydrogen (secondary N) is 13. The molecule has 1 aliphatic heterocycles. The van der Waals surface area contributed by atoms with Gasteiger partial charge in [0.05, 0.1) is 24.9 Å². The van der Waals surface area contributed by atoms with Gasteiger partial charge in [0.1, 0.15) is 72.5 Å². The van der Waals surface area contributed by atoms with Crippen molar-refractivity contribution in [1.82, 2.24) is 73.8 Å². The number of ketones is 2. The van der Waals surface area contributed by atoms with Crippen molar-refractivity contribution in [3.05, 3.63) is 53.6 Å². The predicted octanol–water partition coefficient (Wildman–Crippen LogP) is -2.98. The van der Waals surface area contributed by atoms with Crippen LogP contribution in [-0.4, -0.2) is 223 Å². The zero-order chi connectivity index (χ0) is 84.3. The molecule has 2 aromatic rings. The number of imidazole rings is 1. The number of unbranched alkanes of at least 4 members (excludes halogenated alkanes) is 1. The molecule has 1 aliphatic rings. The molecule has 0 bridgehead atoms. The van der Waals surface area contributed by atoms with Gasteiger partial charge in [-0.2, -0.15) is 13.2 Å². The van der Waals surface area contributed by atoms with E-state index in [1.165, 1.54) is 12.5 Å². The van der Waals surface area contributed by atoms with Crippen LogP contribution in [0.15, 0.2) is 41.8 Å². The number of carbonyl (C=O) groups excluding carboxylic acids is 14. The Labute approximate surface area is 642 Å². The number of aliphatic hydroxyl groups excluding tert-OH is 1. The van der Waals surface area contributed by atoms with Crippen LogP contribution >= 0.6 is 0 Å². The Morgan fingerprint density at radius 2 is 1.26 bits per heavy atom. The van der Waals surface area contributed by atoms with Gasteiger partial charge >= 0.3 is 24.1 Å². The van der Waals surface area contributed by atoms with E-state index in [1.54, 1.807) is 41.5 Å². The Hall–Kier alpha value is -11.2. The predicted molar refractivity (Wildman–Crippen MR) is 390 cm³/mol. The lowest BCUT2D eigenvalue weighted by Crippen LogP contribution is -2.61. The molecule has 1 aromatic heterocycles. The quantitative estimate of drug-likeness (QED) is 0.0137. The summed E-state index contributed by atoms with van der Waals surface area (Å²) in [5, 5.41) is 66.8. The number of aliphatic hydroxyl groups is 1. The van der Waals surface area contributed by atoms with Crippen LogP contribution in [0.25, 0.3) is 0 Å². The van der Waals surface area contributed by atoms with Gasteiger partial charge < -0.3 is 106 Å². The van der Waals surface area contributed by atoms with Gasteiger partial charge in [-0.25, -0.2) is 9.78 Å². The number of benzene rings is 1. The molecule has 1 aromatic carbocycles. The fraction of sp³-hybridized carbons (Fsp3) is 0.614. The monoisotopic (exact) mass is 1590 g/mol. The summed E-state index contributed by atoms with van der Waals surface area (Å²) in [5.41, 5.74) is 15.3. The highest BCUT2D eigenvalue weighted by atomic mass is 19.4. The number of hydrogen-bond donors (Lipinski definition) is 20. The molecule has 112 heavy (non-hydrogen) atoms. The number of nitrogens with zero attached hydrogens (tertiary/aromatic N) is 2. The van der Waals surface area contributed by atoms with E-state index in [2.05, 4.69) is 73.4 Å². The molecule has 0 saturated carbocycles. The van der Waals surface area contributed by atoms with Crippen molar-refractivity contribution in [2.24, 2.45) is 39.9 Å². The third-order valence-corrected chi connectivity index (χ3v) is 17.6. The van der Waals surface area contributed by atoms with Crippen molar-refractivity contribution in [3.8, 4) is 0 Å². The summed E-state index contributed by atoms with van der Waals surface area (Å²) in [6.45, 7) is 9.47. The third kappa shape index (κ3) is 33.6. The second-order valence-electron chi connectivity index (χ2n) is 27.8. The Bertz CT molecular complexity index is 3650. The average molecular weight is 1590 g/mol. The molecular weight excluding hydrogens is 1490 g/mol. The number of Topliss-reactive ketones (excluding diaryl/α,β-unsaturated/α-hetero) is 2. The SMILES string of the molecule is CC[C@H](C)[C@H](NC(=O)[C@H](Cc1cnc[nH]1)NC(=O)[C@H](CCCCN)NC(=O)[C@H](CCC(=O)O)NC(C)=O)C(=O)N[C@@H](CC(C)C)C(=O)NC1CCC(=O)C(=O)CCCC(C(=O)N[C@@H](CC(=O)O)C(=O)N[C@@H](CO)C(=O)O)NC(=O)[C@H](CC(C)C)NC(=O)[C@H](c2cccc(C(F)(F)F)c2)NC(=O)C(CCCN=C(N)N)NC1=O. The van der Waals surface area contributed by atoms with Crippen molar-refractivity contribution >= 4 is 106 Å². The van der Waals surface area contributed by atoms with Crippen molar-refractivity contribution < 1.29 is 115 Å². The number of nitrogens with two attached hydrogens (primary N) is 3. The van der Waals surface area contributed by atoms with E-state index in [-0.39, 0.29) is 64.5 Å². The fourth-order valence-corrected chi connectivity index (χ4v) is 11.5. The van der Waals surface area contributed by atoms with E-state index in [1.807, 2.05) is 5.32 Å². The van der Waals surface area contributed by atoms with Crippen LogP contribution in [0, 0.1) is 17.8 Å². The molecule has 3 unspecified atom stereocenters. The standard InChI is InChI=1S/C70H105F3N18O21/c1-8-36(6)55(90-65(108)48(29-40-31-77-33-79-40)85-57(100)41(16-9-10-24-74)81-59(102)44(80-37(7)93)21-23-53(96)97)66(109)87-46(26-34(2)3)63(106)84-45-20-22-52(95)51(94)19-12-17-42(58(101)86-49(30-54(98)99)64(107)89-50(32-92)68(111)112)83-62(105)47(27-35(4)5)88-67(110)56(38-14-11-15-39(28-38)70(71,72)73)91-61(104)43(82-60(45)103)18-13-25-78-69(75)76/h11,14-15,28,31,33-36,41-50,55-56,92H,8-10,12-13,16-27,29-30,32,74H2,1-7H3,(H,77,79)(H,80,93)(H,81,102)(H,82,103)(H,83,105)(H,84,106)(H,85,100)(H,86,101)(H,87,109)(H,88,110)(H,89,107)(H,90,108)(H,91,104)(H,96,97)(H,98,99)(H,111,112)(H4,75,76,78)/t36-,41-,42?,43?,44-,45?,46-,47-,48-,49-,50-,55-,56-/m0/s1. The van der Waals surface area contributed by atoms with E-state index in [0.717, 1.165) is 19.1 Å². The molecule has 0 radical (unpaired) electrons. The molecule has 39 nitrogen and oxygen atoms in total. The number of carboxylic acid groups (broad SMARTS) is 3. The largest absolute Gasteiger partial charge is 0.481 e. The van der Waals surface area contributed by atoms with Gasteiger partial charge in [-0.05, 0) is 113 Å². The number of amides is 12. The van der Waals surface area contributed by atoms with Gasteiger partial charge in [-0.15, -0.1) is 0 Å². The summed E-state index contributed by atoms with van der Waals surface area (Å²) in [7, 11) is 0. The highest BCUT2D eigenvalue weighted by Gasteiger charge is 2.41. The number of rotatable bonds is 39. The number of guanidine groups is 1. The Balaban J connectivity index is 2.25. The zero-order valence-corrected chi connectivity index (χ0v) is 63.3. The number of carboxylic acids is 3. The van der Waals surface area contributed by atoms with Crippen molar-refractivity contribution in [2.45, 2.75) is 236 Å². The summed E-state index contributed by atoms with van der Waals surface area (Å²) >= 11 is 0. The zero-order valence-electron chi connectivity index (χ0n) is 63.3. The average Bonchev–Trinajstić information content (AvgIpc) is 0.919. The molecule has 622 valence electrons. The molecule has 23 N–H and O–H groups in total. The summed E-state index contributed by atoms with van der Waals surface area (Å²) in [6, 6.07) is -18.4. The van der Waals surface area contributed by atoms with Crippen molar-refractivity contribution in [1.29, 1.82) is 0 Å². The number of aliphatic carboxylic acids is 3. The fourth-order valence-electron chi connectivity index (χ4n) is 11.5. The van der Waals surface area contributed by atoms with E-state index >= 15 is 4.79 Å². The highest BCUT2D eigenvalue weighted by Crippen LogP contribution is 2.31. The first-order valence-electron chi connectivity index (χ1n) is 36.4. The first kappa shape index (κ1) is 95.0. The summed E-state index contributed by atoms with van der Waals surface area (Å²) in [6.07, 6.45) is -8.94. The molecule has 3 rings (SSSR count). The van der Waals surface area contributed by atoms with Gasteiger partial charge in [-0.3, -0.25) is 81.7 Å². The van der Waals surface area contributed by atoms with E-state index in [9.17, 15) is 110 Å². The van der Waals surface area contributed by atoms with E-state index < -0.39 is 272 Å². The van der Waals surface area contributed by atoms with E-state index in [0.29, 0.717) is 24.2 Å². The number of alkyl halides is 3. The minimum atomic E-state index is -5.07. The lowest BCUT2D eigenvalue weighted by atomic mass is 9.95. The number of hydrogen-bond acceptors (Lipinski definition) is 21. The number of H-pyrrole nitrogens is 1. The van der Waals surface area contributed by atoms with Crippen LogP contribution in [0.5, 0.6) is 0 Å². The number of aliphatic imine (C=N–C) groups is 1. The first-order chi connectivity index (χ1) is 52.6. The number of carbonyl (C=O) groups is 17. The highest BCUT2D eigenvalue weighted by molar-refractivity contribution is 6.37. The summed E-state index contributed by atoms with van der Waals surface area (Å²) in [5.74, 6) is -23.1. The van der Waals surface area contributed by atoms with Crippen molar-refractivity contribution in [2.75, 3.05) is 19.7 Å². The second-order valence-corrected chi connectivity index (χ2v) is 27.8. The lowest BCUT2D eigenvalue weighted by molar-refractivity contribution is -0.144. The smallest absolute Gasteiger partial charge is 0.416 e. The Morgan fingerprint density at radius 1 is 0.652 bits per heavy atom. The minimum Gasteiger partial charge on any atom is -0.481 e. The summed E-state index contributed by atoms with van der Waals surface area (Å²) in [4.78, 5) is 245. The van der Waals surface area contributed by atoms with Crippen LogP contribution in [-0.2, 0) is 94.1 Å². The van der Waals surface area contributed by atoms with Crippen LogP contribution < -0.4 is 81.0 Å². The first-order valence-corrected chi connectivity index (χ1v) is 36.4. The Kier molecular flexibility index (Phi) is 40.0.